The summed E-state index contributed by atoms with van der Waals surface area (Å²) in [4.78, 5) is 0. The first kappa shape index (κ1) is 5.28. The van der Waals surface area contributed by atoms with E-state index in [1.165, 1.54) is 0 Å². The topological polar surface area (TPSA) is 48.2 Å². The van der Waals surface area contributed by atoms with Crippen LogP contribution in [0.1, 0.15) is 13.3 Å². The standard InChI is InChI=1S/C5H9N3/c1-4-2-5(6)3-7-8-4/h3-4,6,8H,2H2,1H3. The number of nitrogens with zero attached hydrogens (tertiary/aromatic N) is 1. The third-order valence-electron chi connectivity index (χ3n) is 1.04. The number of rotatable bonds is 0. The zero-order chi connectivity index (χ0) is 5.98. The second-order valence-electron chi connectivity index (χ2n) is 2.02. The van der Waals surface area contributed by atoms with Gasteiger partial charge >= 0.3 is 0 Å². The van der Waals surface area contributed by atoms with E-state index in [1.54, 1.807) is 6.21 Å². The second kappa shape index (κ2) is 1.94. The molecule has 0 aliphatic carbocycles. The normalized spacial score (nSPS) is 27.6. The van der Waals surface area contributed by atoms with Gasteiger partial charge in [0.15, 0.2) is 0 Å². The first-order valence-corrected chi connectivity index (χ1v) is 2.65. The van der Waals surface area contributed by atoms with E-state index in [0.29, 0.717) is 11.8 Å². The van der Waals surface area contributed by atoms with Gasteiger partial charge < -0.3 is 10.8 Å². The third kappa shape index (κ3) is 1.05. The van der Waals surface area contributed by atoms with E-state index in [9.17, 15) is 0 Å². The van der Waals surface area contributed by atoms with Gasteiger partial charge in [-0.3, -0.25) is 0 Å². The van der Waals surface area contributed by atoms with Crippen molar-refractivity contribution in [3.8, 4) is 0 Å². The van der Waals surface area contributed by atoms with Crippen LogP contribution in [-0.2, 0) is 0 Å². The molecule has 1 aliphatic rings. The van der Waals surface area contributed by atoms with Crippen molar-refractivity contribution in [1.82, 2.24) is 5.43 Å². The summed E-state index contributed by atoms with van der Waals surface area (Å²) in [6.45, 7) is 2.00. The summed E-state index contributed by atoms with van der Waals surface area (Å²) in [7, 11) is 0. The molecule has 0 aromatic heterocycles. The average Bonchev–Trinajstić information content (AvgIpc) is 1.64. The van der Waals surface area contributed by atoms with Gasteiger partial charge in [-0.1, -0.05) is 0 Å². The molecule has 0 saturated heterocycles. The number of hydrogen-bond acceptors (Lipinski definition) is 3. The molecule has 0 radical (unpaired) electrons. The van der Waals surface area contributed by atoms with E-state index in [4.69, 9.17) is 5.41 Å². The monoisotopic (exact) mass is 111 g/mol. The summed E-state index contributed by atoms with van der Waals surface area (Å²) >= 11 is 0. The van der Waals surface area contributed by atoms with Gasteiger partial charge in [-0.2, -0.15) is 5.10 Å². The smallest absolute Gasteiger partial charge is 0.0676 e. The highest BCUT2D eigenvalue weighted by Gasteiger charge is 2.05. The van der Waals surface area contributed by atoms with Gasteiger partial charge in [0, 0.05) is 12.5 Å². The van der Waals surface area contributed by atoms with Crippen molar-refractivity contribution in [2.75, 3.05) is 0 Å². The van der Waals surface area contributed by atoms with Crippen LogP contribution in [0.5, 0.6) is 0 Å². The Hall–Kier alpha value is -0.860. The Morgan fingerprint density at radius 2 is 2.75 bits per heavy atom. The van der Waals surface area contributed by atoms with Crippen LogP contribution in [0.4, 0.5) is 0 Å². The van der Waals surface area contributed by atoms with Crippen molar-refractivity contribution >= 4 is 11.9 Å². The fourth-order valence-electron chi connectivity index (χ4n) is 0.671. The molecule has 0 amide bonds. The highest BCUT2D eigenvalue weighted by molar-refractivity contribution is 6.29. The fourth-order valence-corrected chi connectivity index (χ4v) is 0.671. The van der Waals surface area contributed by atoms with Crippen LogP contribution in [0.2, 0.25) is 0 Å². The van der Waals surface area contributed by atoms with Crippen molar-refractivity contribution in [3.63, 3.8) is 0 Å². The molecular formula is C5H9N3. The quantitative estimate of drug-likeness (QED) is 0.466. The van der Waals surface area contributed by atoms with Crippen LogP contribution in [0.15, 0.2) is 5.10 Å². The maximum Gasteiger partial charge on any atom is 0.0676 e. The van der Waals surface area contributed by atoms with E-state index >= 15 is 0 Å². The molecule has 0 saturated carbocycles. The summed E-state index contributed by atoms with van der Waals surface area (Å²) in [5, 5.41) is 10.9. The zero-order valence-electron chi connectivity index (χ0n) is 4.81. The maximum atomic E-state index is 7.13. The van der Waals surface area contributed by atoms with Crippen LogP contribution >= 0.6 is 0 Å². The van der Waals surface area contributed by atoms with Crippen molar-refractivity contribution in [3.05, 3.63) is 0 Å². The molecule has 8 heavy (non-hydrogen) atoms. The van der Waals surface area contributed by atoms with Gasteiger partial charge in [-0.25, -0.2) is 0 Å². The molecule has 44 valence electrons. The molecule has 1 rings (SSSR count). The van der Waals surface area contributed by atoms with E-state index in [2.05, 4.69) is 10.5 Å². The minimum Gasteiger partial charge on any atom is -0.307 e. The van der Waals surface area contributed by atoms with Crippen LogP contribution in [0, 0.1) is 5.41 Å². The average molecular weight is 111 g/mol. The number of nitrogens with one attached hydrogen (secondary N) is 2. The first-order chi connectivity index (χ1) is 3.79. The molecule has 1 aliphatic heterocycles. The van der Waals surface area contributed by atoms with Crippen LogP contribution < -0.4 is 5.43 Å². The molecule has 3 nitrogen and oxygen atoms in total. The summed E-state index contributed by atoms with van der Waals surface area (Å²) in [6.07, 6.45) is 2.34. The van der Waals surface area contributed by atoms with Gasteiger partial charge in [-0.05, 0) is 6.92 Å². The molecule has 0 aromatic carbocycles. The molecule has 0 spiro atoms. The Morgan fingerprint density at radius 1 is 2.00 bits per heavy atom. The van der Waals surface area contributed by atoms with Crippen LogP contribution in [0.25, 0.3) is 0 Å². The van der Waals surface area contributed by atoms with Gasteiger partial charge in [0.1, 0.15) is 0 Å². The lowest BCUT2D eigenvalue weighted by molar-refractivity contribution is 0.585. The van der Waals surface area contributed by atoms with Gasteiger partial charge in [0.2, 0.25) is 0 Å². The summed E-state index contributed by atoms with van der Waals surface area (Å²) in [5.74, 6) is 0. The van der Waals surface area contributed by atoms with Crippen molar-refractivity contribution in [1.29, 1.82) is 5.41 Å². The first-order valence-electron chi connectivity index (χ1n) is 2.65. The van der Waals surface area contributed by atoms with Crippen molar-refractivity contribution < 1.29 is 0 Å². The van der Waals surface area contributed by atoms with E-state index in [-0.39, 0.29) is 0 Å². The lowest BCUT2D eigenvalue weighted by atomic mass is 10.1. The number of hydrogen-bond donors (Lipinski definition) is 2. The Bertz CT molecular complexity index is 128. The molecular weight excluding hydrogens is 102 g/mol. The second-order valence-corrected chi connectivity index (χ2v) is 2.02. The summed E-state index contributed by atoms with van der Waals surface area (Å²) in [5.41, 5.74) is 3.45. The fraction of sp³-hybridized carbons (Fsp3) is 0.600. The Balaban J connectivity index is 2.54. The van der Waals surface area contributed by atoms with Crippen molar-refractivity contribution in [2.24, 2.45) is 5.10 Å². The van der Waals surface area contributed by atoms with Gasteiger partial charge in [-0.15, -0.1) is 0 Å². The predicted molar refractivity (Wildman–Crippen MR) is 33.4 cm³/mol. The molecule has 1 atom stereocenters. The van der Waals surface area contributed by atoms with Gasteiger partial charge in [0.25, 0.3) is 0 Å². The molecule has 0 bridgehead atoms. The minimum absolute atomic E-state index is 0.340. The van der Waals surface area contributed by atoms with E-state index in [1.807, 2.05) is 6.92 Å². The maximum absolute atomic E-state index is 7.13. The molecule has 2 N–H and O–H groups in total. The lowest BCUT2D eigenvalue weighted by Gasteiger charge is -2.13. The molecule has 3 heteroatoms. The highest BCUT2D eigenvalue weighted by Crippen LogP contribution is 1.94. The SMILES string of the molecule is CC1CC(=N)C=NN1. The number of hydrazone groups is 1. The summed E-state index contributed by atoms with van der Waals surface area (Å²) < 4.78 is 0. The predicted octanol–water partition coefficient (Wildman–Crippen LogP) is 0.374. The van der Waals surface area contributed by atoms with Crippen molar-refractivity contribution in [2.45, 2.75) is 19.4 Å². The summed E-state index contributed by atoms with van der Waals surface area (Å²) in [6, 6.07) is 0.340. The molecule has 0 aromatic rings. The Labute approximate surface area is 48.3 Å². The third-order valence-corrected chi connectivity index (χ3v) is 1.04. The van der Waals surface area contributed by atoms with Crippen LogP contribution in [0.3, 0.4) is 0 Å². The molecule has 0 fully saturated rings. The van der Waals surface area contributed by atoms with Crippen LogP contribution in [-0.4, -0.2) is 18.0 Å². The van der Waals surface area contributed by atoms with E-state index < -0.39 is 0 Å². The highest BCUT2D eigenvalue weighted by atomic mass is 15.3. The Kier molecular flexibility index (Phi) is 1.28. The molecule has 1 unspecified atom stereocenters. The lowest BCUT2D eigenvalue weighted by Crippen LogP contribution is -2.29. The zero-order valence-corrected chi connectivity index (χ0v) is 4.81. The van der Waals surface area contributed by atoms with Gasteiger partial charge in [0.05, 0.1) is 11.9 Å². The largest absolute Gasteiger partial charge is 0.307 e. The minimum atomic E-state index is 0.340. The molecule has 1 heterocycles. The Morgan fingerprint density at radius 3 is 3.12 bits per heavy atom. The van der Waals surface area contributed by atoms with E-state index in [0.717, 1.165) is 6.42 Å².